The maximum atomic E-state index is 12.8. The van der Waals surface area contributed by atoms with E-state index in [1.807, 2.05) is 6.07 Å². The van der Waals surface area contributed by atoms with Gasteiger partial charge in [0, 0.05) is 7.05 Å². The molecule has 28 heavy (non-hydrogen) atoms. The Kier molecular flexibility index (Phi) is 7.42. The van der Waals surface area contributed by atoms with Crippen molar-refractivity contribution in [1.29, 1.82) is 0 Å². The number of carbonyl (C=O) groups excluding carboxylic acids is 1. The van der Waals surface area contributed by atoms with Crippen LogP contribution in [0.3, 0.4) is 0 Å². The Hall–Kier alpha value is -2.58. The lowest BCUT2D eigenvalue weighted by Crippen LogP contribution is -2.45. The molecule has 0 aliphatic heterocycles. The van der Waals surface area contributed by atoms with E-state index in [2.05, 4.69) is 5.32 Å². The van der Waals surface area contributed by atoms with Crippen molar-refractivity contribution in [3.05, 3.63) is 60.2 Å². The first-order chi connectivity index (χ1) is 13.2. The number of amides is 1. The summed E-state index contributed by atoms with van der Waals surface area (Å²) >= 11 is 0. The fourth-order valence-corrected chi connectivity index (χ4v) is 3.21. The second kappa shape index (κ2) is 9.57. The zero-order valence-electron chi connectivity index (χ0n) is 16.5. The van der Waals surface area contributed by atoms with Gasteiger partial charge < -0.3 is 14.8 Å². The minimum Gasteiger partial charge on any atom is -0.497 e. The van der Waals surface area contributed by atoms with Crippen LogP contribution in [0.2, 0.25) is 0 Å². The van der Waals surface area contributed by atoms with E-state index >= 15 is 0 Å². The fraction of sp³-hybridized carbons (Fsp3) is 0.350. The highest BCUT2D eigenvalue weighted by Gasteiger charge is 2.31. The number of nitrogens with zero attached hydrogens (tertiary/aromatic N) is 1. The standard InChI is InChI=1S/C20H26N2O5S/c1-15(14-27-18-12-10-17(26-3)11-13-18)21-20(23)19(22(2)28(4,24)25)16-8-6-5-7-9-16/h5-13,15,19H,14H2,1-4H3,(H,21,23)/t15-,19-/m1/s1. The predicted octanol–water partition coefficient (Wildman–Crippen LogP) is 2.21. The van der Waals surface area contributed by atoms with Crippen molar-refractivity contribution in [3.63, 3.8) is 0 Å². The van der Waals surface area contributed by atoms with Crippen LogP contribution in [0, 0.1) is 0 Å². The molecular formula is C20H26N2O5S. The van der Waals surface area contributed by atoms with Crippen LogP contribution in [-0.2, 0) is 14.8 Å². The van der Waals surface area contributed by atoms with Crippen molar-refractivity contribution < 1.29 is 22.7 Å². The predicted molar refractivity (Wildman–Crippen MR) is 108 cm³/mol. The normalized spacial score (nSPS) is 13.6. The van der Waals surface area contributed by atoms with Crippen LogP contribution >= 0.6 is 0 Å². The molecule has 7 nitrogen and oxygen atoms in total. The van der Waals surface area contributed by atoms with Crippen molar-refractivity contribution in [2.75, 3.05) is 27.0 Å². The Labute approximate surface area is 166 Å². The largest absolute Gasteiger partial charge is 0.497 e. The van der Waals surface area contributed by atoms with E-state index < -0.39 is 22.0 Å². The van der Waals surface area contributed by atoms with Crippen molar-refractivity contribution in [2.45, 2.75) is 19.0 Å². The summed E-state index contributed by atoms with van der Waals surface area (Å²) in [5.41, 5.74) is 0.594. The first-order valence-corrected chi connectivity index (χ1v) is 10.6. The topological polar surface area (TPSA) is 84.9 Å². The number of carbonyl (C=O) groups is 1. The van der Waals surface area contributed by atoms with Gasteiger partial charge in [-0.3, -0.25) is 4.79 Å². The summed E-state index contributed by atoms with van der Waals surface area (Å²) in [5.74, 6) is 0.961. The van der Waals surface area contributed by atoms with Gasteiger partial charge >= 0.3 is 0 Å². The molecule has 0 unspecified atom stereocenters. The van der Waals surface area contributed by atoms with Crippen LogP contribution in [0.15, 0.2) is 54.6 Å². The molecule has 0 radical (unpaired) electrons. The molecule has 8 heteroatoms. The van der Waals surface area contributed by atoms with Gasteiger partial charge in [0.2, 0.25) is 15.9 Å². The number of hydrogen-bond donors (Lipinski definition) is 1. The number of benzene rings is 2. The molecule has 2 atom stereocenters. The molecule has 0 aliphatic rings. The van der Waals surface area contributed by atoms with E-state index in [1.165, 1.54) is 7.05 Å². The number of rotatable bonds is 9. The smallest absolute Gasteiger partial charge is 0.243 e. The molecule has 1 N–H and O–H groups in total. The fourth-order valence-electron chi connectivity index (χ4n) is 2.61. The Morgan fingerprint density at radius 3 is 2.18 bits per heavy atom. The summed E-state index contributed by atoms with van der Waals surface area (Å²) < 4.78 is 35.9. The van der Waals surface area contributed by atoms with Gasteiger partial charge in [-0.05, 0) is 36.8 Å². The molecule has 2 rings (SSSR count). The second-order valence-electron chi connectivity index (χ2n) is 6.49. The maximum Gasteiger partial charge on any atom is 0.243 e. The molecular weight excluding hydrogens is 380 g/mol. The van der Waals surface area contributed by atoms with Crippen LogP contribution in [0.25, 0.3) is 0 Å². The van der Waals surface area contributed by atoms with Crippen LogP contribution in [0.5, 0.6) is 11.5 Å². The van der Waals surface area contributed by atoms with Crippen molar-refractivity contribution >= 4 is 15.9 Å². The SMILES string of the molecule is COc1ccc(OC[C@@H](C)NC(=O)[C@@H](c2ccccc2)N(C)S(C)(=O)=O)cc1. The van der Waals surface area contributed by atoms with E-state index in [1.54, 1.807) is 62.6 Å². The summed E-state index contributed by atoms with van der Waals surface area (Å²) in [4.78, 5) is 12.8. The first kappa shape index (κ1) is 21.7. The van der Waals surface area contributed by atoms with E-state index in [0.29, 0.717) is 11.3 Å². The molecule has 0 aromatic heterocycles. The highest BCUT2D eigenvalue weighted by molar-refractivity contribution is 7.88. The quantitative estimate of drug-likeness (QED) is 0.690. The number of nitrogens with one attached hydrogen (secondary N) is 1. The van der Waals surface area contributed by atoms with Crippen molar-refractivity contribution in [3.8, 4) is 11.5 Å². The molecule has 0 saturated heterocycles. The van der Waals surface area contributed by atoms with Gasteiger partial charge in [-0.25, -0.2) is 8.42 Å². The van der Waals surface area contributed by atoms with Crippen LogP contribution in [-0.4, -0.2) is 51.7 Å². The summed E-state index contributed by atoms with van der Waals surface area (Å²) in [5, 5.41) is 2.83. The molecule has 2 aromatic carbocycles. The highest BCUT2D eigenvalue weighted by Crippen LogP contribution is 2.22. The number of hydrogen-bond acceptors (Lipinski definition) is 5. The second-order valence-corrected chi connectivity index (χ2v) is 8.53. The van der Waals surface area contributed by atoms with Crippen LogP contribution in [0.4, 0.5) is 0 Å². The Bertz CT molecular complexity index is 869. The van der Waals surface area contributed by atoms with Gasteiger partial charge in [0.25, 0.3) is 0 Å². The maximum absolute atomic E-state index is 12.8. The van der Waals surface area contributed by atoms with E-state index in [0.717, 1.165) is 16.3 Å². The van der Waals surface area contributed by atoms with Gasteiger partial charge in [0.05, 0.1) is 19.4 Å². The third-order valence-corrected chi connectivity index (χ3v) is 5.46. The van der Waals surface area contributed by atoms with Crippen LogP contribution < -0.4 is 14.8 Å². The third-order valence-electron chi connectivity index (χ3n) is 4.20. The third kappa shape index (κ3) is 5.97. The highest BCUT2D eigenvalue weighted by atomic mass is 32.2. The lowest BCUT2D eigenvalue weighted by Gasteiger charge is -2.27. The number of sulfonamides is 1. The molecule has 0 heterocycles. The first-order valence-electron chi connectivity index (χ1n) is 8.77. The molecule has 0 aliphatic carbocycles. The summed E-state index contributed by atoms with van der Waals surface area (Å²) in [6.45, 7) is 2.03. The average molecular weight is 407 g/mol. The van der Waals surface area contributed by atoms with Gasteiger partial charge in [-0.15, -0.1) is 0 Å². The zero-order chi connectivity index (χ0) is 20.7. The monoisotopic (exact) mass is 406 g/mol. The molecule has 152 valence electrons. The lowest BCUT2D eigenvalue weighted by atomic mass is 10.1. The van der Waals surface area contributed by atoms with Crippen molar-refractivity contribution in [2.24, 2.45) is 0 Å². The van der Waals surface area contributed by atoms with Gasteiger partial charge in [0.15, 0.2) is 0 Å². The van der Waals surface area contributed by atoms with E-state index in [-0.39, 0.29) is 12.6 Å². The molecule has 0 fully saturated rings. The summed E-state index contributed by atoms with van der Waals surface area (Å²) in [7, 11) is -0.582. The molecule has 0 saturated carbocycles. The van der Waals surface area contributed by atoms with Gasteiger partial charge in [-0.2, -0.15) is 4.31 Å². The van der Waals surface area contributed by atoms with E-state index in [9.17, 15) is 13.2 Å². The van der Waals surface area contributed by atoms with Crippen LogP contribution in [0.1, 0.15) is 18.5 Å². The van der Waals surface area contributed by atoms with Gasteiger partial charge in [0.1, 0.15) is 24.1 Å². The molecule has 2 aromatic rings. The molecule has 1 amide bonds. The van der Waals surface area contributed by atoms with Gasteiger partial charge in [-0.1, -0.05) is 30.3 Å². The Morgan fingerprint density at radius 1 is 1.07 bits per heavy atom. The van der Waals surface area contributed by atoms with Crippen molar-refractivity contribution in [1.82, 2.24) is 9.62 Å². The lowest BCUT2D eigenvalue weighted by molar-refractivity contribution is -0.125. The minimum absolute atomic E-state index is 0.238. The Balaban J connectivity index is 2.05. The number of likely N-dealkylation sites (N-methyl/N-ethyl adjacent to an activating group) is 1. The number of ether oxygens (including phenoxy) is 2. The minimum atomic E-state index is -3.56. The molecule has 0 bridgehead atoms. The zero-order valence-corrected chi connectivity index (χ0v) is 17.3. The Morgan fingerprint density at radius 2 is 1.64 bits per heavy atom. The molecule has 0 spiro atoms. The van der Waals surface area contributed by atoms with E-state index in [4.69, 9.17) is 9.47 Å². The summed E-state index contributed by atoms with van der Waals surface area (Å²) in [6, 6.07) is 14.6. The number of methoxy groups -OCH3 is 1. The summed E-state index contributed by atoms with van der Waals surface area (Å²) in [6.07, 6.45) is 1.08. The average Bonchev–Trinajstić information content (AvgIpc) is 2.67.